The summed E-state index contributed by atoms with van der Waals surface area (Å²) in [7, 11) is 0. The molecule has 1 aromatic heterocycles. The molecule has 2 N–H and O–H groups in total. The number of aliphatic hydroxyl groups is 1. The lowest BCUT2D eigenvalue weighted by Crippen LogP contribution is -2.34. The number of nitrogens with one attached hydrogen (secondary N) is 1. The standard InChI is InChI=1S/C12H16N4O/c1-9-6-10(7-13)16-11(15-9)14-8-12(17)4-2-3-5-12/h6,17H,2-5,8H2,1H3,(H,14,15,16). The monoisotopic (exact) mass is 232 g/mol. The molecule has 0 bridgehead atoms. The molecule has 1 aliphatic rings. The van der Waals surface area contributed by atoms with E-state index >= 15 is 0 Å². The largest absolute Gasteiger partial charge is 0.388 e. The first-order chi connectivity index (χ1) is 8.11. The Balaban J connectivity index is 2.04. The number of aryl methyl sites for hydroxylation is 1. The van der Waals surface area contributed by atoms with E-state index in [0.29, 0.717) is 18.2 Å². The van der Waals surface area contributed by atoms with E-state index in [1.54, 1.807) is 6.07 Å². The van der Waals surface area contributed by atoms with Crippen molar-refractivity contribution in [2.24, 2.45) is 0 Å². The normalized spacial score (nSPS) is 17.7. The minimum Gasteiger partial charge on any atom is -0.388 e. The number of hydrogen-bond donors (Lipinski definition) is 2. The summed E-state index contributed by atoms with van der Waals surface area (Å²) < 4.78 is 0. The van der Waals surface area contributed by atoms with Crippen molar-refractivity contribution in [1.82, 2.24) is 9.97 Å². The highest BCUT2D eigenvalue weighted by atomic mass is 16.3. The van der Waals surface area contributed by atoms with E-state index in [4.69, 9.17) is 5.26 Å². The number of hydrogen-bond acceptors (Lipinski definition) is 5. The third kappa shape index (κ3) is 2.92. The van der Waals surface area contributed by atoms with Gasteiger partial charge in [-0.3, -0.25) is 0 Å². The highest BCUT2D eigenvalue weighted by Gasteiger charge is 2.30. The molecular formula is C12H16N4O. The van der Waals surface area contributed by atoms with Gasteiger partial charge in [-0.1, -0.05) is 12.8 Å². The van der Waals surface area contributed by atoms with Crippen LogP contribution in [0.3, 0.4) is 0 Å². The molecule has 0 aromatic carbocycles. The number of anilines is 1. The van der Waals surface area contributed by atoms with Crippen LogP contribution in [0.1, 0.15) is 37.1 Å². The Hall–Kier alpha value is -1.67. The molecule has 90 valence electrons. The molecule has 1 aliphatic carbocycles. The fourth-order valence-electron chi connectivity index (χ4n) is 2.16. The summed E-state index contributed by atoms with van der Waals surface area (Å²) in [6, 6.07) is 3.63. The van der Waals surface area contributed by atoms with Crippen molar-refractivity contribution in [3.63, 3.8) is 0 Å². The van der Waals surface area contributed by atoms with Crippen LogP contribution >= 0.6 is 0 Å². The van der Waals surface area contributed by atoms with Crippen LogP contribution in [0.4, 0.5) is 5.95 Å². The molecule has 5 nitrogen and oxygen atoms in total. The van der Waals surface area contributed by atoms with Crippen molar-refractivity contribution in [3.8, 4) is 6.07 Å². The average Bonchev–Trinajstić information content (AvgIpc) is 2.73. The van der Waals surface area contributed by atoms with Gasteiger partial charge in [0, 0.05) is 12.2 Å². The van der Waals surface area contributed by atoms with Crippen LogP contribution in [0.25, 0.3) is 0 Å². The molecule has 17 heavy (non-hydrogen) atoms. The highest BCUT2D eigenvalue weighted by Crippen LogP contribution is 2.29. The third-order valence-electron chi connectivity index (χ3n) is 3.08. The summed E-state index contributed by atoms with van der Waals surface area (Å²) in [6.45, 7) is 2.26. The second kappa shape index (κ2) is 4.68. The van der Waals surface area contributed by atoms with Crippen LogP contribution in [-0.4, -0.2) is 27.2 Å². The number of aromatic nitrogens is 2. The second-order valence-corrected chi connectivity index (χ2v) is 4.61. The van der Waals surface area contributed by atoms with Crippen molar-refractivity contribution in [1.29, 1.82) is 5.26 Å². The van der Waals surface area contributed by atoms with Gasteiger partial charge in [-0.2, -0.15) is 5.26 Å². The van der Waals surface area contributed by atoms with Gasteiger partial charge in [0.15, 0.2) is 0 Å². The van der Waals surface area contributed by atoms with Gasteiger partial charge < -0.3 is 10.4 Å². The molecule has 0 unspecified atom stereocenters. The number of rotatable bonds is 3. The molecule has 5 heteroatoms. The summed E-state index contributed by atoms with van der Waals surface area (Å²) in [5.74, 6) is 0.418. The Kier molecular flexibility index (Phi) is 3.25. The Morgan fingerprint density at radius 3 is 2.82 bits per heavy atom. The first-order valence-corrected chi connectivity index (χ1v) is 5.83. The summed E-state index contributed by atoms with van der Waals surface area (Å²) in [5, 5.41) is 22.0. The first kappa shape index (κ1) is 11.8. The molecular weight excluding hydrogens is 216 g/mol. The van der Waals surface area contributed by atoms with Crippen molar-refractivity contribution in [2.45, 2.75) is 38.2 Å². The zero-order valence-electron chi connectivity index (χ0n) is 9.90. The molecule has 0 amide bonds. The van der Waals surface area contributed by atoms with Gasteiger partial charge >= 0.3 is 0 Å². The van der Waals surface area contributed by atoms with E-state index in [-0.39, 0.29) is 0 Å². The minimum atomic E-state index is -0.639. The fraction of sp³-hybridized carbons (Fsp3) is 0.583. The van der Waals surface area contributed by atoms with Crippen LogP contribution in [0.2, 0.25) is 0 Å². The number of nitriles is 1. The molecule has 1 saturated carbocycles. The van der Waals surface area contributed by atoms with Gasteiger partial charge in [0.2, 0.25) is 5.95 Å². The molecule has 0 spiro atoms. The maximum Gasteiger partial charge on any atom is 0.224 e. The summed E-state index contributed by atoms with van der Waals surface area (Å²) in [6.07, 6.45) is 3.76. The maximum atomic E-state index is 10.2. The minimum absolute atomic E-state index is 0.346. The van der Waals surface area contributed by atoms with Crippen LogP contribution < -0.4 is 5.32 Å². The first-order valence-electron chi connectivity index (χ1n) is 5.83. The van der Waals surface area contributed by atoms with E-state index in [1.807, 2.05) is 13.0 Å². The van der Waals surface area contributed by atoms with E-state index in [0.717, 1.165) is 31.4 Å². The lowest BCUT2D eigenvalue weighted by Gasteiger charge is -2.22. The quantitative estimate of drug-likeness (QED) is 0.822. The van der Waals surface area contributed by atoms with E-state index in [9.17, 15) is 5.11 Å². The van der Waals surface area contributed by atoms with Gasteiger partial charge in [0.05, 0.1) is 5.60 Å². The highest BCUT2D eigenvalue weighted by molar-refractivity contribution is 5.33. The van der Waals surface area contributed by atoms with Crippen molar-refractivity contribution < 1.29 is 5.11 Å². The zero-order valence-corrected chi connectivity index (χ0v) is 9.90. The van der Waals surface area contributed by atoms with E-state index in [1.165, 1.54) is 0 Å². The Morgan fingerprint density at radius 2 is 2.18 bits per heavy atom. The third-order valence-corrected chi connectivity index (χ3v) is 3.08. The SMILES string of the molecule is Cc1cc(C#N)nc(NCC2(O)CCCC2)n1. The average molecular weight is 232 g/mol. The van der Waals surface area contributed by atoms with Crippen LogP contribution in [-0.2, 0) is 0 Å². The molecule has 0 radical (unpaired) electrons. The molecule has 1 heterocycles. The van der Waals surface area contributed by atoms with Gasteiger partial charge in [-0.05, 0) is 25.8 Å². The van der Waals surface area contributed by atoms with Gasteiger partial charge in [-0.15, -0.1) is 0 Å². The zero-order chi connectivity index (χ0) is 12.3. The molecule has 0 aliphatic heterocycles. The molecule has 0 atom stereocenters. The summed E-state index contributed by atoms with van der Waals surface area (Å²) in [5.41, 5.74) is 0.454. The topological polar surface area (TPSA) is 81.8 Å². The lowest BCUT2D eigenvalue weighted by atomic mass is 10.0. The fourth-order valence-corrected chi connectivity index (χ4v) is 2.16. The summed E-state index contributed by atoms with van der Waals surface area (Å²) >= 11 is 0. The predicted octanol–water partition coefficient (Wildman–Crippen LogP) is 1.37. The number of nitrogens with zero attached hydrogens (tertiary/aromatic N) is 3. The maximum absolute atomic E-state index is 10.2. The Labute approximate surface area is 101 Å². The smallest absolute Gasteiger partial charge is 0.224 e. The molecule has 2 rings (SSSR count). The van der Waals surface area contributed by atoms with Crippen LogP contribution in [0, 0.1) is 18.3 Å². The lowest BCUT2D eigenvalue weighted by molar-refractivity contribution is 0.0613. The summed E-state index contributed by atoms with van der Waals surface area (Å²) in [4.78, 5) is 8.24. The van der Waals surface area contributed by atoms with Crippen molar-refractivity contribution in [2.75, 3.05) is 11.9 Å². The van der Waals surface area contributed by atoms with Gasteiger partial charge in [0.25, 0.3) is 0 Å². The Morgan fingerprint density at radius 1 is 1.47 bits per heavy atom. The van der Waals surface area contributed by atoms with E-state index in [2.05, 4.69) is 15.3 Å². The van der Waals surface area contributed by atoms with Crippen LogP contribution in [0.15, 0.2) is 6.07 Å². The van der Waals surface area contributed by atoms with Crippen LogP contribution in [0.5, 0.6) is 0 Å². The molecule has 0 saturated heterocycles. The van der Waals surface area contributed by atoms with Gasteiger partial charge in [-0.25, -0.2) is 9.97 Å². The van der Waals surface area contributed by atoms with E-state index < -0.39 is 5.60 Å². The van der Waals surface area contributed by atoms with Crippen molar-refractivity contribution in [3.05, 3.63) is 17.5 Å². The predicted molar refractivity (Wildman–Crippen MR) is 63.4 cm³/mol. The van der Waals surface area contributed by atoms with Crippen molar-refractivity contribution >= 4 is 5.95 Å². The Bertz CT molecular complexity index is 446. The van der Waals surface area contributed by atoms with Gasteiger partial charge in [0.1, 0.15) is 11.8 Å². The molecule has 1 aromatic rings. The molecule has 1 fully saturated rings. The second-order valence-electron chi connectivity index (χ2n) is 4.61.